The monoisotopic (exact) mass is 265 g/mol. The number of hydrogen-bond acceptors (Lipinski definition) is 4. The van der Waals surface area contributed by atoms with E-state index in [-0.39, 0.29) is 18.4 Å². The van der Waals surface area contributed by atoms with E-state index in [2.05, 4.69) is 0 Å². The number of carbonyl (C=O) groups excluding carboxylic acids is 1. The molecule has 0 aliphatic heterocycles. The highest BCUT2D eigenvalue weighted by molar-refractivity contribution is 5.76. The summed E-state index contributed by atoms with van der Waals surface area (Å²) in [5.41, 5.74) is 10.3. The third-order valence-electron chi connectivity index (χ3n) is 3.49. The van der Waals surface area contributed by atoms with Gasteiger partial charge < -0.3 is 10.5 Å². The van der Waals surface area contributed by atoms with Crippen LogP contribution in [0.2, 0.25) is 0 Å². The number of nitrogens with two attached hydrogens (primary N) is 2. The van der Waals surface area contributed by atoms with Gasteiger partial charge in [0.1, 0.15) is 5.75 Å². The van der Waals surface area contributed by atoms with Gasteiger partial charge in [0.05, 0.1) is 7.11 Å². The molecule has 1 amide bonds. The molecule has 1 rings (SSSR count). The van der Waals surface area contributed by atoms with Crippen LogP contribution in [0.1, 0.15) is 34.7 Å². The number of benzene rings is 1. The van der Waals surface area contributed by atoms with Crippen molar-refractivity contribution in [2.24, 2.45) is 11.6 Å². The third kappa shape index (κ3) is 3.24. The highest BCUT2D eigenvalue weighted by Gasteiger charge is 2.19. The molecule has 1 aromatic carbocycles. The summed E-state index contributed by atoms with van der Waals surface area (Å²) in [7, 11) is 3.17. The standard InChI is InChI=1S/C14H23N3O2/c1-8-6-12(19-5)9(2)10(3)14(8)11(15)7-13(18)17(4)16/h6,11H,7,15-16H2,1-5H3. The number of hydrazine groups is 1. The average molecular weight is 265 g/mol. The van der Waals surface area contributed by atoms with Crippen LogP contribution >= 0.6 is 0 Å². The van der Waals surface area contributed by atoms with E-state index in [1.54, 1.807) is 7.11 Å². The van der Waals surface area contributed by atoms with E-state index < -0.39 is 0 Å². The topological polar surface area (TPSA) is 81.6 Å². The van der Waals surface area contributed by atoms with Crippen LogP contribution in [0.4, 0.5) is 0 Å². The third-order valence-corrected chi connectivity index (χ3v) is 3.49. The molecule has 1 aromatic rings. The summed E-state index contributed by atoms with van der Waals surface area (Å²) in [6.07, 6.45) is 0.195. The molecule has 1 unspecified atom stereocenters. The molecule has 0 aromatic heterocycles. The molecule has 4 N–H and O–H groups in total. The molecule has 19 heavy (non-hydrogen) atoms. The molecule has 0 aliphatic carbocycles. The molecule has 0 fully saturated rings. The lowest BCUT2D eigenvalue weighted by molar-refractivity contribution is -0.130. The Bertz CT molecular complexity index is 484. The van der Waals surface area contributed by atoms with E-state index >= 15 is 0 Å². The molecule has 106 valence electrons. The Balaban J connectivity index is 3.14. The normalized spacial score (nSPS) is 12.2. The van der Waals surface area contributed by atoms with Crippen molar-refractivity contribution in [1.82, 2.24) is 5.01 Å². The predicted octanol–water partition coefficient (Wildman–Crippen LogP) is 1.34. The molecular formula is C14H23N3O2. The minimum Gasteiger partial charge on any atom is -0.496 e. The van der Waals surface area contributed by atoms with Crippen LogP contribution in [0.3, 0.4) is 0 Å². The van der Waals surface area contributed by atoms with Crippen LogP contribution < -0.4 is 16.3 Å². The first-order valence-electron chi connectivity index (χ1n) is 6.21. The zero-order chi connectivity index (χ0) is 14.7. The lowest BCUT2D eigenvalue weighted by Gasteiger charge is -2.21. The van der Waals surface area contributed by atoms with Crippen molar-refractivity contribution >= 4 is 5.91 Å². The predicted molar refractivity (Wildman–Crippen MR) is 75.7 cm³/mol. The van der Waals surface area contributed by atoms with Gasteiger partial charge in [0.2, 0.25) is 5.91 Å². The first kappa shape index (κ1) is 15.5. The van der Waals surface area contributed by atoms with Gasteiger partial charge in [-0.3, -0.25) is 9.80 Å². The molecule has 0 saturated heterocycles. The summed E-state index contributed by atoms with van der Waals surface area (Å²) in [6.45, 7) is 5.96. The minimum absolute atomic E-state index is 0.181. The summed E-state index contributed by atoms with van der Waals surface area (Å²) in [5.74, 6) is 6.08. The Hall–Kier alpha value is -1.59. The highest BCUT2D eigenvalue weighted by atomic mass is 16.5. The van der Waals surface area contributed by atoms with Crippen molar-refractivity contribution in [2.75, 3.05) is 14.2 Å². The van der Waals surface area contributed by atoms with Crippen LogP contribution in [-0.2, 0) is 4.79 Å². The quantitative estimate of drug-likeness (QED) is 0.489. The largest absolute Gasteiger partial charge is 0.496 e. The summed E-state index contributed by atoms with van der Waals surface area (Å²) < 4.78 is 5.32. The van der Waals surface area contributed by atoms with Gasteiger partial charge in [0.25, 0.3) is 0 Å². The Kier molecular flexibility index (Phi) is 4.91. The fraction of sp³-hybridized carbons (Fsp3) is 0.500. The molecule has 0 aliphatic rings. The zero-order valence-electron chi connectivity index (χ0n) is 12.3. The second-order valence-corrected chi connectivity index (χ2v) is 4.87. The van der Waals surface area contributed by atoms with Gasteiger partial charge >= 0.3 is 0 Å². The summed E-state index contributed by atoms with van der Waals surface area (Å²) >= 11 is 0. The van der Waals surface area contributed by atoms with Crippen molar-refractivity contribution in [3.8, 4) is 5.75 Å². The smallest absolute Gasteiger partial charge is 0.238 e. The second kappa shape index (κ2) is 6.04. The second-order valence-electron chi connectivity index (χ2n) is 4.87. The molecule has 0 saturated carbocycles. The molecule has 0 spiro atoms. The maximum atomic E-state index is 11.7. The van der Waals surface area contributed by atoms with Gasteiger partial charge in [-0.2, -0.15) is 0 Å². The van der Waals surface area contributed by atoms with Crippen LogP contribution in [0.15, 0.2) is 6.07 Å². The number of amides is 1. The lowest BCUT2D eigenvalue weighted by Crippen LogP contribution is -2.35. The van der Waals surface area contributed by atoms with Crippen LogP contribution in [0.5, 0.6) is 5.75 Å². The van der Waals surface area contributed by atoms with Crippen LogP contribution in [-0.4, -0.2) is 25.1 Å². The number of hydrogen-bond donors (Lipinski definition) is 2. The van der Waals surface area contributed by atoms with Gasteiger partial charge in [-0.15, -0.1) is 0 Å². The minimum atomic E-state index is -0.358. The van der Waals surface area contributed by atoms with E-state index in [9.17, 15) is 4.79 Å². The SMILES string of the molecule is COc1cc(C)c(C(N)CC(=O)N(C)N)c(C)c1C. The molecule has 5 nitrogen and oxygen atoms in total. The van der Waals surface area contributed by atoms with Crippen LogP contribution in [0.25, 0.3) is 0 Å². The summed E-state index contributed by atoms with van der Waals surface area (Å²) in [6, 6.07) is 1.59. The van der Waals surface area contributed by atoms with Crippen molar-refractivity contribution in [3.63, 3.8) is 0 Å². The first-order chi connectivity index (χ1) is 8.79. The molecular weight excluding hydrogens is 242 g/mol. The Morgan fingerprint density at radius 1 is 1.37 bits per heavy atom. The molecule has 0 bridgehead atoms. The number of ether oxygens (including phenoxy) is 1. The van der Waals surface area contributed by atoms with Crippen LogP contribution in [0, 0.1) is 20.8 Å². The lowest BCUT2D eigenvalue weighted by atomic mass is 9.91. The Morgan fingerprint density at radius 2 is 1.95 bits per heavy atom. The fourth-order valence-electron chi connectivity index (χ4n) is 2.28. The number of aryl methyl sites for hydroxylation is 1. The van der Waals surface area contributed by atoms with Crippen molar-refractivity contribution < 1.29 is 9.53 Å². The van der Waals surface area contributed by atoms with E-state index in [0.717, 1.165) is 33.0 Å². The number of nitrogens with zero attached hydrogens (tertiary/aromatic N) is 1. The van der Waals surface area contributed by atoms with Gasteiger partial charge in [0, 0.05) is 19.5 Å². The maximum absolute atomic E-state index is 11.7. The first-order valence-corrected chi connectivity index (χ1v) is 6.21. The van der Waals surface area contributed by atoms with Gasteiger partial charge in [0.15, 0.2) is 0 Å². The fourth-order valence-corrected chi connectivity index (χ4v) is 2.28. The number of rotatable bonds is 4. The van der Waals surface area contributed by atoms with E-state index in [1.165, 1.54) is 7.05 Å². The van der Waals surface area contributed by atoms with E-state index in [1.807, 2.05) is 26.8 Å². The Labute approximate surface area is 114 Å². The average Bonchev–Trinajstić information content (AvgIpc) is 2.33. The molecule has 0 heterocycles. The van der Waals surface area contributed by atoms with Gasteiger partial charge in [-0.05, 0) is 49.1 Å². The van der Waals surface area contributed by atoms with E-state index in [0.29, 0.717) is 0 Å². The van der Waals surface area contributed by atoms with Gasteiger partial charge in [-0.1, -0.05) is 0 Å². The Morgan fingerprint density at radius 3 is 2.42 bits per heavy atom. The maximum Gasteiger partial charge on any atom is 0.238 e. The number of methoxy groups -OCH3 is 1. The van der Waals surface area contributed by atoms with Gasteiger partial charge in [-0.25, -0.2) is 5.84 Å². The van der Waals surface area contributed by atoms with E-state index in [4.69, 9.17) is 16.3 Å². The van der Waals surface area contributed by atoms with Crippen molar-refractivity contribution in [1.29, 1.82) is 0 Å². The molecule has 1 atom stereocenters. The number of carbonyl (C=O) groups is 1. The summed E-state index contributed by atoms with van der Waals surface area (Å²) in [4.78, 5) is 11.7. The highest BCUT2D eigenvalue weighted by Crippen LogP contribution is 2.31. The molecule has 0 radical (unpaired) electrons. The summed E-state index contributed by atoms with van der Waals surface area (Å²) in [5, 5.41) is 1.07. The van der Waals surface area contributed by atoms with Crippen molar-refractivity contribution in [3.05, 3.63) is 28.3 Å². The molecule has 5 heteroatoms. The van der Waals surface area contributed by atoms with Crippen molar-refractivity contribution in [2.45, 2.75) is 33.2 Å². The zero-order valence-corrected chi connectivity index (χ0v) is 12.3.